The van der Waals surface area contributed by atoms with Crippen molar-refractivity contribution in [3.63, 3.8) is 0 Å². The van der Waals surface area contributed by atoms with Gasteiger partial charge in [0.1, 0.15) is 26.2 Å². The fraction of sp³-hybridized carbons (Fsp3) is 1.00. The van der Waals surface area contributed by atoms with Crippen LogP contribution in [0.3, 0.4) is 0 Å². The molecular weight excluding hydrogens is 346 g/mol. The topological polar surface area (TPSA) is 0 Å². The van der Waals surface area contributed by atoms with E-state index in [1.165, 1.54) is 26.2 Å². The van der Waals surface area contributed by atoms with Gasteiger partial charge in [-0.25, -0.2) is 0 Å². The highest BCUT2D eigenvalue weighted by atomic mass is 127. The zero-order chi connectivity index (χ0) is 10.7. The molecule has 0 amide bonds. The van der Waals surface area contributed by atoms with Gasteiger partial charge in [-0.15, -0.1) is 23.2 Å². The van der Waals surface area contributed by atoms with Crippen molar-refractivity contribution in [2.75, 3.05) is 65.1 Å². The molecule has 1 fully saturated rings. The first kappa shape index (κ1) is 16.2. The molecule has 0 aromatic carbocycles. The van der Waals surface area contributed by atoms with E-state index >= 15 is 0 Å². The van der Waals surface area contributed by atoms with Crippen LogP contribution in [0.25, 0.3) is 0 Å². The summed E-state index contributed by atoms with van der Waals surface area (Å²) in [5.41, 5.74) is 0. The van der Waals surface area contributed by atoms with E-state index in [9.17, 15) is 0 Å². The molecule has 1 saturated heterocycles. The Morgan fingerprint density at radius 2 is 1.07 bits per heavy atom. The van der Waals surface area contributed by atoms with E-state index in [0.717, 1.165) is 33.8 Å². The molecule has 0 saturated carbocycles. The molecule has 1 aliphatic heterocycles. The molecule has 0 aliphatic carbocycles. The fourth-order valence-electron chi connectivity index (χ4n) is 2.04. The third-order valence-electron chi connectivity index (χ3n) is 3.61. The van der Waals surface area contributed by atoms with Gasteiger partial charge in [0.15, 0.2) is 0 Å². The number of halogens is 3. The summed E-state index contributed by atoms with van der Waals surface area (Å²) in [6, 6.07) is 0. The molecule has 0 aromatic heterocycles. The lowest BCUT2D eigenvalue weighted by Gasteiger charge is -2.45. The summed E-state index contributed by atoms with van der Waals surface area (Å²) in [5, 5.41) is 0. The molecule has 92 valence electrons. The number of hydrogen-bond acceptors (Lipinski definition) is 0. The number of alkyl halides is 2. The largest absolute Gasteiger partial charge is 1.00 e. The number of likely N-dealkylation sites (N-methyl/N-ethyl adjacent to an activating group) is 2. The molecule has 0 unspecified atom stereocenters. The van der Waals surface area contributed by atoms with E-state index in [0.29, 0.717) is 0 Å². The van der Waals surface area contributed by atoms with Crippen LogP contribution in [0.4, 0.5) is 0 Å². The summed E-state index contributed by atoms with van der Waals surface area (Å²) in [6.07, 6.45) is 0. The number of rotatable bonds is 4. The highest BCUT2D eigenvalue weighted by Crippen LogP contribution is 2.15. The molecule has 1 heterocycles. The first-order valence-electron chi connectivity index (χ1n) is 5.33. The predicted molar refractivity (Wildman–Crippen MR) is 63.0 cm³/mol. The van der Waals surface area contributed by atoms with Gasteiger partial charge in [-0.2, -0.15) is 0 Å². The minimum Gasteiger partial charge on any atom is -1.00 e. The van der Waals surface area contributed by atoms with E-state index in [-0.39, 0.29) is 24.0 Å². The average Bonchev–Trinajstić information content (AvgIpc) is 2.13. The Balaban J connectivity index is 0.00000196. The lowest BCUT2D eigenvalue weighted by Crippen LogP contribution is -3.00. The highest BCUT2D eigenvalue weighted by Gasteiger charge is 2.35. The maximum atomic E-state index is 5.81. The van der Waals surface area contributed by atoms with Crippen molar-refractivity contribution in [1.82, 2.24) is 0 Å². The van der Waals surface area contributed by atoms with E-state index in [4.69, 9.17) is 23.2 Å². The number of quaternary nitrogens is 2. The molecule has 2 nitrogen and oxygen atoms in total. The zero-order valence-electron chi connectivity index (χ0n) is 9.69. The van der Waals surface area contributed by atoms with Gasteiger partial charge in [-0.05, 0) is 0 Å². The SMILES string of the molecule is C[N+]1(CCCl)CC[N+](C)(CCCl)CC1.[I-]. The second-order valence-corrected chi connectivity index (χ2v) is 5.71. The minimum absolute atomic E-state index is 0. The predicted octanol–water partition coefficient (Wildman–Crippen LogP) is -1.63. The standard InChI is InChI=1S/C10H22Cl2N2.HI/c1-13(5-3-11)7-9-14(2,6-4-12)10-8-13;/h3-10H2,1-2H3;1H/q+2;/p-1. The summed E-state index contributed by atoms with van der Waals surface area (Å²) < 4.78 is 2.28. The summed E-state index contributed by atoms with van der Waals surface area (Å²) in [7, 11) is 4.62. The maximum absolute atomic E-state index is 5.81. The van der Waals surface area contributed by atoms with Crippen molar-refractivity contribution in [2.24, 2.45) is 0 Å². The second kappa shape index (κ2) is 6.84. The van der Waals surface area contributed by atoms with Crippen LogP contribution in [0.15, 0.2) is 0 Å². The van der Waals surface area contributed by atoms with Gasteiger partial charge < -0.3 is 32.9 Å². The molecule has 0 N–H and O–H groups in total. The van der Waals surface area contributed by atoms with Crippen molar-refractivity contribution in [1.29, 1.82) is 0 Å². The van der Waals surface area contributed by atoms with Gasteiger partial charge in [-0.3, -0.25) is 0 Å². The summed E-state index contributed by atoms with van der Waals surface area (Å²) in [4.78, 5) is 0. The molecule has 15 heavy (non-hydrogen) atoms. The van der Waals surface area contributed by atoms with Crippen molar-refractivity contribution in [3.05, 3.63) is 0 Å². The van der Waals surface area contributed by atoms with E-state index in [1.807, 2.05) is 0 Å². The van der Waals surface area contributed by atoms with Crippen LogP contribution in [0, 0.1) is 0 Å². The Morgan fingerprint density at radius 1 is 0.800 bits per heavy atom. The Kier molecular flexibility index (Phi) is 7.40. The molecule has 0 bridgehead atoms. The molecule has 0 atom stereocenters. The van der Waals surface area contributed by atoms with Crippen molar-refractivity contribution in [2.45, 2.75) is 0 Å². The van der Waals surface area contributed by atoms with Gasteiger partial charge >= 0.3 is 0 Å². The third kappa shape index (κ3) is 4.94. The van der Waals surface area contributed by atoms with Crippen LogP contribution < -0.4 is 24.0 Å². The van der Waals surface area contributed by atoms with Gasteiger partial charge in [0, 0.05) is 0 Å². The van der Waals surface area contributed by atoms with Crippen LogP contribution >= 0.6 is 23.2 Å². The number of piperazine rings is 1. The summed E-state index contributed by atoms with van der Waals surface area (Å²) in [6.45, 7) is 7.14. The normalized spacial score (nSPS) is 36.0. The van der Waals surface area contributed by atoms with Gasteiger partial charge in [0.2, 0.25) is 0 Å². The molecule has 0 spiro atoms. The van der Waals surface area contributed by atoms with Crippen molar-refractivity contribution >= 4 is 23.2 Å². The molecule has 1 aliphatic rings. The monoisotopic (exact) mass is 367 g/mol. The van der Waals surface area contributed by atoms with Crippen molar-refractivity contribution < 1.29 is 32.9 Å². The first-order valence-corrected chi connectivity index (χ1v) is 6.40. The minimum atomic E-state index is 0. The fourth-order valence-corrected chi connectivity index (χ4v) is 2.86. The molecule has 1 rings (SSSR count). The van der Waals surface area contributed by atoms with Gasteiger partial charge in [0.25, 0.3) is 0 Å². The average molecular weight is 368 g/mol. The zero-order valence-corrected chi connectivity index (χ0v) is 13.4. The lowest BCUT2D eigenvalue weighted by molar-refractivity contribution is -1.01. The molecule has 0 aromatic rings. The summed E-state index contributed by atoms with van der Waals surface area (Å²) in [5.74, 6) is 1.55. The molecule has 0 radical (unpaired) electrons. The Hall–Kier alpha value is 1.23. The number of nitrogens with zero attached hydrogens (tertiary/aromatic N) is 2. The van der Waals surface area contributed by atoms with Gasteiger partial charge in [0.05, 0.1) is 38.9 Å². The Bertz CT molecular complexity index is 162. The highest BCUT2D eigenvalue weighted by molar-refractivity contribution is 6.18. The third-order valence-corrected chi connectivity index (χ3v) is 3.95. The van der Waals surface area contributed by atoms with E-state index in [1.54, 1.807) is 0 Å². The smallest absolute Gasteiger partial charge is 0.128 e. The lowest BCUT2D eigenvalue weighted by atomic mass is 10.2. The first-order chi connectivity index (χ1) is 6.54. The van der Waals surface area contributed by atoms with Crippen LogP contribution in [0.1, 0.15) is 0 Å². The maximum Gasteiger partial charge on any atom is 0.128 e. The van der Waals surface area contributed by atoms with Crippen LogP contribution in [0.5, 0.6) is 0 Å². The van der Waals surface area contributed by atoms with Crippen LogP contribution in [-0.4, -0.2) is 74.1 Å². The Labute approximate surface area is 121 Å². The second-order valence-electron chi connectivity index (χ2n) is 4.96. The number of hydrogen-bond donors (Lipinski definition) is 0. The summed E-state index contributed by atoms with van der Waals surface area (Å²) >= 11 is 11.6. The van der Waals surface area contributed by atoms with Crippen LogP contribution in [-0.2, 0) is 0 Å². The van der Waals surface area contributed by atoms with Crippen LogP contribution in [0.2, 0.25) is 0 Å². The van der Waals surface area contributed by atoms with Gasteiger partial charge in [-0.1, -0.05) is 0 Å². The van der Waals surface area contributed by atoms with E-state index < -0.39 is 0 Å². The Morgan fingerprint density at radius 3 is 1.27 bits per heavy atom. The van der Waals surface area contributed by atoms with Crippen molar-refractivity contribution in [3.8, 4) is 0 Å². The molecular formula is C10H22Cl2IN2+. The van der Waals surface area contributed by atoms with E-state index in [2.05, 4.69) is 14.1 Å². The quantitative estimate of drug-likeness (QED) is 0.318. The molecule has 5 heteroatoms.